The molecule has 92 valence electrons. The summed E-state index contributed by atoms with van der Waals surface area (Å²) in [4.78, 5) is 10.9. The van der Waals surface area contributed by atoms with Gasteiger partial charge in [0.2, 0.25) is 5.91 Å². The molecule has 0 aliphatic heterocycles. The normalized spacial score (nSPS) is 10.1. The molecule has 0 fully saturated rings. The van der Waals surface area contributed by atoms with Crippen molar-refractivity contribution in [2.45, 2.75) is 0 Å². The molecule has 5 nitrogen and oxygen atoms in total. The first kappa shape index (κ1) is 12.6. The van der Waals surface area contributed by atoms with Crippen molar-refractivity contribution in [1.29, 1.82) is 0 Å². The first-order valence-corrected chi connectivity index (χ1v) is 5.58. The number of nitrogens with two attached hydrogens (primary N) is 1. The zero-order chi connectivity index (χ0) is 13.1. The highest BCUT2D eigenvalue weighted by Gasteiger charge is 2.07. The molecule has 0 spiro atoms. The fourth-order valence-electron chi connectivity index (χ4n) is 1.22. The number of hydrogen-bond donors (Lipinski definition) is 1. The molecular weight excluding hydrogens is 277 g/mol. The standard InChI is InChI=1S/C11H7Cl2N3O2/c12-9-5-8(10(13)16-15-9)18-7-3-1-6(2-4-7)11(14)17/h1-5H,(H2,14,17). The first-order valence-electron chi connectivity index (χ1n) is 4.82. The van der Waals surface area contributed by atoms with Crippen molar-refractivity contribution in [1.82, 2.24) is 10.2 Å². The van der Waals surface area contributed by atoms with Gasteiger partial charge in [0.05, 0.1) is 0 Å². The van der Waals surface area contributed by atoms with Gasteiger partial charge in [0.1, 0.15) is 5.75 Å². The lowest BCUT2D eigenvalue weighted by Crippen LogP contribution is -2.10. The molecule has 2 aromatic rings. The second-order valence-electron chi connectivity index (χ2n) is 3.31. The van der Waals surface area contributed by atoms with Gasteiger partial charge in [0.15, 0.2) is 16.1 Å². The second-order valence-corrected chi connectivity index (χ2v) is 4.06. The summed E-state index contributed by atoms with van der Waals surface area (Å²) in [6.07, 6.45) is 0. The summed E-state index contributed by atoms with van der Waals surface area (Å²) in [5, 5.41) is 7.43. The van der Waals surface area contributed by atoms with Crippen LogP contribution >= 0.6 is 23.2 Å². The lowest BCUT2D eigenvalue weighted by molar-refractivity contribution is 0.100. The van der Waals surface area contributed by atoms with Crippen LogP contribution in [0.1, 0.15) is 10.4 Å². The Bertz CT molecular complexity index is 587. The molecule has 0 aliphatic rings. The summed E-state index contributed by atoms with van der Waals surface area (Å²) in [6, 6.07) is 7.71. The number of aromatic nitrogens is 2. The maximum absolute atomic E-state index is 10.9. The van der Waals surface area contributed by atoms with Gasteiger partial charge in [-0.15, -0.1) is 10.2 Å². The average Bonchev–Trinajstić information content (AvgIpc) is 2.34. The number of ether oxygens (including phenoxy) is 1. The fourth-order valence-corrected chi connectivity index (χ4v) is 1.49. The number of nitrogens with zero attached hydrogens (tertiary/aromatic N) is 2. The fraction of sp³-hybridized carbons (Fsp3) is 0. The van der Waals surface area contributed by atoms with Crippen LogP contribution in [0.15, 0.2) is 30.3 Å². The third kappa shape index (κ3) is 2.88. The van der Waals surface area contributed by atoms with E-state index in [0.717, 1.165) is 0 Å². The molecule has 0 bridgehead atoms. The van der Waals surface area contributed by atoms with Gasteiger partial charge in [-0.2, -0.15) is 0 Å². The Morgan fingerprint density at radius 2 is 1.83 bits per heavy atom. The minimum atomic E-state index is -0.506. The quantitative estimate of drug-likeness (QED) is 0.939. The van der Waals surface area contributed by atoms with Crippen LogP contribution in [-0.2, 0) is 0 Å². The Labute approximate surface area is 112 Å². The van der Waals surface area contributed by atoms with Gasteiger partial charge in [-0.3, -0.25) is 4.79 Å². The predicted octanol–water partition coefficient (Wildman–Crippen LogP) is 2.67. The molecule has 0 atom stereocenters. The number of amides is 1. The third-order valence-corrected chi connectivity index (χ3v) is 2.50. The minimum absolute atomic E-state index is 0.0957. The van der Waals surface area contributed by atoms with Crippen LogP contribution in [0.25, 0.3) is 0 Å². The van der Waals surface area contributed by atoms with Crippen LogP contribution in [0, 0.1) is 0 Å². The maximum atomic E-state index is 10.9. The summed E-state index contributed by atoms with van der Waals surface area (Å²) in [5.74, 6) is 0.252. The molecule has 18 heavy (non-hydrogen) atoms. The average molecular weight is 284 g/mol. The number of hydrogen-bond acceptors (Lipinski definition) is 4. The largest absolute Gasteiger partial charge is 0.454 e. The van der Waals surface area contributed by atoms with Crippen LogP contribution < -0.4 is 10.5 Å². The number of carbonyl (C=O) groups is 1. The summed E-state index contributed by atoms with van der Waals surface area (Å²) < 4.78 is 5.45. The summed E-state index contributed by atoms with van der Waals surface area (Å²) in [7, 11) is 0. The molecular formula is C11H7Cl2N3O2. The van der Waals surface area contributed by atoms with Crippen LogP contribution in [-0.4, -0.2) is 16.1 Å². The van der Waals surface area contributed by atoms with Gasteiger partial charge < -0.3 is 10.5 Å². The van der Waals surface area contributed by atoms with Gasteiger partial charge >= 0.3 is 0 Å². The van der Waals surface area contributed by atoms with E-state index in [1.807, 2.05) is 0 Å². The molecule has 0 aliphatic carbocycles. The van der Waals surface area contributed by atoms with Gasteiger partial charge in [-0.05, 0) is 24.3 Å². The zero-order valence-corrected chi connectivity index (χ0v) is 10.4. The van der Waals surface area contributed by atoms with Crippen LogP contribution in [0.2, 0.25) is 10.3 Å². The number of benzene rings is 1. The van der Waals surface area contributed by atoms with Gasteiger partial charge in [0, 0.05) is 11.6 Å². The molecule has 1 aromatic carbocycles. The Balaban J connectivity index is 2.23. The topological polar surface area (TPSA) is 78.1 Å². The SMILES string of the molecule is NC(=O)c1ccc(Oc2cc(Cl)nnc2Cl)cc1. The second kappa shape index (κ2) is 5.20. The number of rotatable bonds is 3. The third-order valence-electron chi connectivity index (χ3n) is 2.05. The molecule has 0 saturated heterocycles. The van der Waals surface area contributed by atoms with Crippen molar-refractivity contribution >= 4 is 29.1 Å². The monoisotopic (exact) mass is 283 g/mol. The van der Waals surface area contributed by atoms with E-state index < -0.39 is 5.91 Å². The Morgan fingerprint density at radius 3 is 2.44 bits per heavy atom. The van der Waals surface area contributed by atoms with E-state index in [-0.39, 0.29) is 16.1 Å². The Morgan fingerprint density at radius 1 is 1.17 bits per heavy atom. The highest BCUT2D eigenvalue weighted by Crippen LogP contribution is 2.28. The Kier molecular flexibility index (Phi) is 3.64. The van der Waals surface area contributed by atoms with Gasteiger partial charge in [0.25, 0.3) is 0 Å². The lowest BCUT2D eigenvalue weighted by Gasteiger charge is -2.06. The minimum Gasteiger partial charge on any atom is -0.454 e. The molecule has 0 unspecified atom stereocenters. The van der Waals surface area contributed by atoms with Crippen LogP contribution in [0.4, 0.5) is 0 Å². The molecule has 0 saturated carbocycles. The van der Waals surface area contributed by atoms with Crippen molar-refractivity contribution in [2.75, 3.05) is 0 Å². The van der Waals surface area contributed by atoms with E-state index in [1.165, 1.54) is 6.07 Å². The van der Waals surface area contributed by atoms with Crippen molar-refractivity contribution in [3.63, 3.8) is 0 Å². The first-order chi connectivity index (χ1) is 8.56. The molecule has 1 amide bonds. The van der Waals surface area contributed by atoms with E-state index in [2.05, 4.69) is 10.2 Å². The van der Waals surface area contributed by atoms with Crippen molar-refractivity contribution in [3.05, 3.63) is 46.2 Å². The molecule has 1 aromatic heterocycles. The van der Waals surface area contributed by atoms with Crippen LogP contribution in [0.3, 0.4) is 0 Å². The summed E-state index contributed by atoms with van der Waals surface area (Å²) >= 11 is 11.5. The maximum Gasteiger partial charge on any atom is 0.248 e. The summed E-state index contributed by atoms with van der Waals surface area (Å²) in [5.41, 5.74) is 5.51. The van der Waals surface area contributed by atoms with Crippen molar-refractivity contribution in [3.8, 4) is 11.5 Å². The van der Waals surface area contributed by atoms with Gasteiger partial charge in [-0.25, -0.2) is 0 Å². The Hall–Kier alpha value is -1.85. The van der Waals surface area contributed by atoms with E-state index in [1.54, 1.807) is 24.3 Å². The number of halogens is 2. The summed E-state index contributed by atoms with van der Waals surface area (Å²) in [6.45, 7) is 0. The lowest BCUT2D eigenvalue weighted by atomic mass is 10.2. The number of carbonyl (C=O) groups excluding carboxylic acids is 1. The number of primary amides is 1. The van der Waals surface area contributed by atoms with E-state index in [0.29, 0.717) is 11.3 Å². The van der Waals surface area contributed by atoms with Crippen molar-refractivity contribution in [2.24, 2.45) is 5.73 Å². The van der Waals surface area contributed by atoms with E-state index >= 15 is 0 Å². The highest BCUT2D eigenvalue weighted by molar-refractivity contribution is 6.32. The molecule has 0 radical (unpaired) electrons. The molecule has 2 rings (SSSR count). The van der Waals surface area contributed by atoms with Gasteiger partial charge in [-0.1, -0.05) is 23.2 Å². The highest BCUT2D eigenvalue weighted by atomic mass is 35.5. The van der Waals surface area contributed by atoms with Crippen molar-refractivity contribution < 1.29 is 9.53 Å². The van der Waals surface area contributed by atoms with E-state index in [4.69, 9.17) is 33.7 Å². The zero-order valence-electron chi connectivity index (χ0n) is 8.93. The van der Waals surface area contributed by atoms with E-state index in [9.17, 15) is 4.79 Å². The smallest absolute Gasteiger partial charge is 0.248 e. The van der Waals surface area contributed by atoms with Crippen LogP contribution in [0.5, 0.6) is 11.5 Å². The molecule has 7 heteroatoms. The molecule has 2 N–H and O–H groups in total. The predicted molar refractivity (Wildman–Crippen MR) is 67.1 cm³/mol. The molecule has 1 heterocycles.